The molecule has 1 aliphatic heterocycles. The van der Waals surface area contributed by atoms with Crippen LogP contribution >= 0.6 is 0 Å². The Kier molecular flexibility index (Phi) is 4.67. The lowest BCUT2D eigenvalue weighted by Crippen LogP contribution is -2.48. The first-order valence-corrected chi connectivity index (χ1v) is 8.13. The molecule has 3 rings (SSSR count). The number of carbonyl (C=O) groups excluding carboxylic acids is 1. The summed E-state index contributed by atoms with van der Waals surface area (Å²) < 4.78 is 15.8. The fourth-order valence-electron chi connectivity index (χ4n) is 3.12. The zero-order valence-electron chi connectivity index (χ0n) is 14.5. The molecule has 0 spiro atoms. The van der Waals surface area contributed by atoms with Crippen LogP contribution in [0.25, 0.3) is 11.0 Å². The summed E-state index contributed by atoms with van der Waals surface area (Å²) in [5.41, 5.74) is 0.670. The van der Waals surface area contributed by atoms with E-state index in [2.05, 4.69) is 0 Å². The molecule has 1 aromatic carbocycles. The van der Waals surface area contributed by atoms with Crippen molar-refractivity contribution in [3.63, 3.8) is 0 Å². The predicted molar refractivity (Wildman–Crippen MR) is 91.1 cm³/mol. The lowest BCUT2D eigenvalue weighted by atomic mass is 10.0. The first-order chi connectivity index (χ1) is 11.9. The summed E-state index contributed by atoms with van der Waals surface area (Å²) in [6.45, 7) is 5.19. The van der Waals surface area contributed by atoms with Gasteiger partial charge < -0.3 is 23.9 Å². The second-order valence-corrected chi connectivity index (χ2v) is 6.20. The molecule has 1 aliphatic rings. The van der Waals surface area contributed by atoms with Gasteiger partial charge in [0, 0.05) is 18.0 Å². The van der Waals surface area contributed by atoms with Crippen molar-refractivity contribution in [1.82, 2.24) is 4.90 Å². The molecule has 134 valence electrons. The van der Waals surface area contributed by atoms with Crippen molar-refractivity contribution in [3.8, 4) is 11.5 Å². The summed E-state index contributed by atoms with van der Waals surface area (Å²) in [6, 6.07) is 2.93. The minimum Gasteiger partial charge on any atom is -0.504 e. The molecule has 7 nitrogen and oxygen atoms in total. The smallest absolute Gasteiger partial charge is 0.340 e. The second kappa shape index (κ2) is 6.76. The number of carbonyl (C=O) groups is 1. The number of benzene rings is 1. The SMILES string of the molecule is COc1cc2c(C)c(CC(=O)N3CCOC[C@@H]3C)c(=O)oc2cc1O. The molecule has 1 saturated heterocycles. The summed E-state index contributed by atoms with van der Waals surface area (Å²) >= 11 is 0. The van der Waals surface area contributed by atoms with Crippen LogP contribution in [0.1, 0.15) is 18.1 Å². The highest BCUT2D eigenvalue weighted by Gasteiger charge is 2.26. The molecule has 2 heterocycles. The molecule has 0 unspecified atom stereocenters. The van der Waals surface area contributed by atoms with E-state index in [1.54, 1.807) is 17.9 Å². The first-order valence-electron chi connectivity index (χ1n) is 8.13. The maximum atomic E-state index is 12.6. The van der Waals surface area contributed by atoms with Gasteiger partial charge in [-0.3, -0.25) is 4.79 Å². The van der Waals surface area contributed by atoms with Crippen molar-refractivity contribution in [1.29, 1.82) is 0 Å². The summed E-state index contributed by atoms with van der Waals surface area (Å²) in [5, 5.41) is 10.5. The highest BCUT2D eigenvalue weighted by atomic mass is 16.5. The number of aryl methyl sites for hydroxylation is 1. The maximum absolute atomic E-state index is 12.6. The van der Waals surface area contributed by atoms with Gasteiger partial charge in [-0.25, -0.2) is 4.79 Å². The van der Waals surface area contributed by atoms with Gasteiger partial charge in [-0.05, 0) is 25.5 Å². The van der Waals surface area contributed by atoms with Crippen molar-refractivity contribution >= 4 is 16.9 Å². The minimum atomic E-state index is -0.566. The summed E-state index contributed by atoms with van der Waals surface area (Å²) in [5.74, 6) is 0.0448. The third kappa shape index (κ3) is 3.19. The van der Waals surface area contributed by atoms with Crippen LogP contribution in [0, 0.1) is 6.92 Å². The lowest BCUT2D eigenvalue weighted by Gasteiger charge is -2.33. The Bertz CT molecular complexity index is 872. The van der Waals surface area contributed by atoms with Crippen LogP contribution in [-0.4, -0.2) is 48.8 Å². The van der Waals surface area contributed by atoms with E-state index in [1.165, 1.54) is 13.2 Å². The number of rotatable bonds is 3. The number of ether oxygens (including phenoxy) is 2. The van der Waals surface area contributed by atoms with Crippen LogP contribution < -0.4 is 10.4 Å². The van der Waals surface area contributed by atoms with E-state index in [9.17, 15) is 14.7 Å². The lowest BCUT2D eigenvalue weighted by molar-refractivity contribution is -0.138. The van der Waals surface area contributed by atoms with Crippen molar-refractivity contribution in [2.75, 3.05) is 26.9 Å². The van der Waals surface area contributed by atoms with Crippen LogP contribution in [0.4, 0.5) is 0 Å². The van der Waals surface area contributed by atoms with E-state index >= 15 is 0 Å². The third-order valence-electron chi connectivity index (χ3n) is 4.60. The number of nitrogens with zero attached hydrogens (tertiary/aromatic N) is 1. The minimum absolute atomic E-state index is 0.0221. The molecule has 1 N–H and O–H groups in total. The molecule has 1 amide bonds. The Hall–Kier alpha value is -2.54. The number of fused-ring (bicyclic) bond motifs is 1. The fourth-order valence-corrected chi connectivity index (χ4v) is 3.12. The molecule has 0 radical (unpaired) electrons. The van der Waals surface area contributed by atoms with E-state index in [0.29, 0.717) is 36.3 Å². The number of phenols is 1. The van der Waals surface area contributed by atoms with Crippen molar-refractivity contribution in [3.05, 3.63) is 33.7 Å². The van der Waals surface area contributed by atoms with Crippen LogP contribution in [-0.2, 0) is 16.0 Å². The van der Waals surface area contributed by atoms with E-state index in [4.69, 9.17) is 13.9 Å². The molecule has 0 bridgehead atoms. The maximum Gasteiger partial charge on any atom is 0.340 e. The van der Waals surface area contributed by atoms with Gasteiger partial charge in [0.05, 0.1) is 38.3 Å². The number of morpholine rings is 1. The van der Waals surface area contributed by atoms with E-state index in [0.717, 1.165) is 0 Å². The standard InChI is InChI=1S/C18H21NO6/c1-10-9-24-5-4-19(10)17(21)7-13-11(2)12-6-16(23-3)14(20)8-15(12)25-18(13)22/h6,8,10,20H,4-5,7,9H2,1-3H3/t10-/m0/s1. The molecule has 2 aromatic rings. The Labute approximate surface area is 144 Å². The number of phenolic OH excluding ortho intramolecular Hbond substituents is 1. The number of amides is 1. The Morgan fingerprint density at radius 3 is 2.88 bits per heavy atom. The first kappa shape index (κ1) is 17.3. The largest absolute Gasteiger partial charge is 0.504 e. The van der Waals surface area contributed by atoms with Gasteiger partial charge in [-0.15, -0.1) is 0 Å². The van der Waals surface area contributed by atoms with Gasteiger partial charge in [0.15, 0.2) is 11.5 Å². The predicted octanol–water partition coefficient (Wildman–Crippen LogP) is 1.61. The Morgan fingerprint density at radius 2 is 2.20 bits per heavy atom. The molecule has 1 aromatic heterocycles. The fraction of sp³-hybridized carbons (Fsp3) is 0.444. The Morgan fingerprint density at radius 1 is 1.44 bits per heavy atom. The summed E-state index contributed by atoms with van der Waals surface area (Å²) in [6.07, 6.45) is -0.0301. The van der Waals surface area contributed by atoms with Crippen molar-refractivity contribution < 1.29 is 23.8 Å². The van der Waals surface area contributed by atoms with Crippen molar-refractivity contribution in [2.24, 2.45) is 0 Å². The zero-order valence-corrected chi connectivity index (χ0v) is 14.5. The van der Waals surface area contributed by atoms with E-state index < -0.39 is 5.63 Å². The topological polar surface area (TPSA) is 89.2 Å². The average molecular weight is 347 g/mol. The molecule has 7 heteroatoms. The van der Waals surface area contributed by atoms with Gasteiger partial charge in [0.25, 0.3) is 0 Å². The number of hydrogen-bond donors (Lipinski definition) is 1. The monoisotopic (exact) mass is 347 g/mol. The summed E-state index contributed by atoms with van der Waals surface area (Å²) in [4.78, 5) is 26.7. The summed E-state index contributed by atoms with van der Waals surface area (Å²) in [7, 11) is 1.44. The zero-order chi connectivity index (χ0) is 18.1. The van der Waals surface area contributed by atoms with Gasteiger partial charge in [-0.1, -0.05) is 0 Å². The molecule has 25 heavy (non-hydrogen) atoms. The van der Waals surface area contributed by atoms with E-state index in [-0.39, 0.29) is 35.5 Å². The normalized spacial score (nSPS) is 17.7. The second-order valence-electron chi connectivity index (χ2n) is 6.20. The molecule has 0 aliphatic carbocycles. The molecule has 0 saturated carbocycles. The van der Waals surface area contributed by atoms with Gasteiger partial charge >= 0.3 is 5.63 Å². The van der Waals surface area contributed by atoms with Crippen LogP contribution in [0.3, 0.4) is 0 Å². The van der Waals surface area contributed by atoms with Crippen LogP contribution in [0.5, 0.6) is 11.5 Å². The molecular formula is C18H21NO6. The number of methoxy groups -OCH3 is 1. The van der Waals surface area contributed by atoms with Gasteiger partial charge in [0.2, 0.25) is 5.91 Å². The average Bonchev–Trinajstić information content (AvgIpc) is 2.58. The third-order valence-corrected chi connectivity index (χ3v) is 4.60. The van der Waals surface area contributed by atoms with Crippen LogP contribution in [0.2, 0.25) is 0 Å². The Balaban J connectivity index is 2.00. The highest BCUT2D eigenvalue weighted by molar-refractivity contribution is 5.87. The van der Waals surface area contributed by atoms with Gasteiger partial charge in [0.1, 0.15) is 5.58 Å². The van der Waals surface area contributed by atoms with Crippen molar-refractivity contribution in [2.45, 2.75) is 26.3 Å². The molecule has 1 fully saturated rings. The van der Waals surface area contributed by atoms with Gasteiger partial charge in [-0.2, -0.15) is 0 Å². The highest BCUT2D eigenvalue weighted by Crippen LogP contribution is 2.32. The molecule has 1 atom stereocenters. The molecular weight excluding hydrogens is 326 g/mol. The number of aromatic hydroxyl groups is 1. The quantitative estimate of drug-likeness (QED) is 0.849. The number of hydrogen-bond acceptors (Lipinski definition) is 6. The van der Waals surface area contributed by atoms with E-state index in [1.807, 2.05) is 6.92 Å². The van der Waals surface area contributed by atoms with Crippen LogP contribution in [0.15, 0.2) is 21.3 Å².